The molecule has 92 valence electrons. The number of rotatable bonds is 5. The molecule has 0 aromatic carbocycles. The van der Waals surface area contributed by atoms with Gasteiger partial charge in [-0.2, -0.15) is 0 Å². The molecule has 0 bridgehead atoms. The molecular weight excluding hydrogens is 232 g/mol. The van der Waals surface area contributed by atoms with Crippen LogP contribution in [0.4, 0.5) is 0 Å². The lowest BCUT2D eigenvalue weighted by Crippen LogP contribution is -2.30. The fraction of sp³-hybridized carbons (Fsp3) is 0.385. The van der Waals surface area contributed by atoms with Crippen LogP contribution in [0.25, 0.3) is 0 Å². The molecule has 1 heterocycles. The third-order valence-electron chi connectivity index (χ3n) is 2.45. The van der Waals surface area contributed by atoms with E-state index in [0.29, 0.717) is 5.70 Å². The third-order valence-corrected chi connectivity index (χ3v) is 3.54. The van der Waals surface area contributed by atoms with Crippen molar-refractivity contribution in [2.45, 2.75) is 26.4 Å². The van der Waals surface area contributed by atoms with E-state index in [0.717, 1.165) is 17.8 Å². The zero-order valence-corrected chi connectivity index (χ0v) is 11.3. The van der Waals surface area contributed by atoms with Crippen LogP contribution < -0.4 is 0 Å². The Labute approximate surface area is 107 Å². The highest BCUT2D eigenvalue weighted by Crippen LogP contribution is 2.27. The Morgan fingerprint density at radius 1 is 1.71 bits per heavy atom. The largest absolute Gasteiger partial charge is 0.347 e. The molecule has 0 amide bonds. The molecule has 0 fully saturated rings. The first-order valence-electron chi connectivity index (χ1n) is 5.56. The first kappa shape index (κ1) is 13.8. The molecule has 0 spiro atoms. The van der Waals surface area contributed by atoms with Crippen molar-refractivity contribution in [1.82, 2.24) is 4.90 Å². The number of carbonyl (C=O) groups is 1. The van der Waals surface area contributed by atoms with Crippen LogP contribution in [-0.4, -0.2) is 29.4 Å². The number of aliphatic imine (C=N–C) groups is 1. The molecule has 0 saturated heterocycles. The first-order chi connectivity index (χ1) is 8.12. The normalized spacial score (nSPS) is 20.4. The summed E-state index contributed by atoms with van der Waals surface area (Å²) in [6.45, 7) is 7.75. The highest BCUT2D eigenvalue weighted by atomic mass is 32.2. The fourth-order valence-electron chi connectivity index (χ4n) is 1.52. The third kappa shape index (κ3) is 3.60. The van der Waals surface area contributed by atoms with Gasteiger partial charge in [0.1, 0.15) is 6.17 Å². The van der Waals surface area contributed by atoms with Gasteiger partial charge in [0.25, 0.3) is 0 Å². The van der Waals surface area contributed by atoms with Gasteiger partial charge in [-0.3, -0.25) is 9.79 Å². The van der Waals surface area contributed by atoms with Crippen LogP contribution in [0.15, 0.2) is 40.4 Å². The van der Waals surface area contributed by atoms with E-state index in [1.807, 2.05) is 11.9 Å². The Morgan fingerprint density at radius 3 is 2.94 bits per heavy atom. The van der Waals surface area contributed by atoms with E-state index in [4.69, 9.17) is 0 Å². The average molecular weight is 250 g/mol. The number of aldehydes is 1. The minimum atomic E-state index is -0.0948. The molecule has 1 atom stereocenters. The van der Waals surface area contributed by atoms with Crippen molar-refractivity contribution in [2.75, 3.05) is 7.05 Å². The summed E-state index contributed by atoms with van der Waals surface area (Å²) in [5, 5.41) is 1.10. The van der Waals surface area contributed by atoms with Crippen LogP contribution in [0.5, 0.6) is 0 Å². The van der Waals surface area contributed by atoms with Gasteiger partial charge in [-0.25, -0.2) is 0 Å². The summed E-state index contributed by atoms with van der Waals surface area (Å²) in [5.41, 5.74) is 0.583. The van der Waals surface area contributed by atoms with Crippen molar-refractivity contribution in [1.29, 1.82) is 0 Å². The maximum Gasteiger partial charge on any atom is 0.166 e. The summed E-state index contributed by atoms with van der Waals surface area (Å²) in [5.74, 6) is 0. The fourth-order valence-corrected chi connectivity index (χ4v) is 2.38. The topological polar surface area (TPSA) is 32.7 Å². The number of hydrogen-bond acceptors (Lipinski definition) is 4. The first-order valence-corrected chi connectivity index (χ1v) is 6.37. The summed E-state index contributed by atoms with van der Waals surface area (Å²) in [7, 11) is 1.87. The van der Waals surface area contributed by atoms with Crippen LogP contribution >= 0.6 is 11.8 Å². The van der Waals surface area contributed by atoms with Crippen molar-refractivity contribution in [3.63, 3.8) is 0 Å². The highest BCUT2D eigenvalue weighted by Gasteiger charge is 2.18. The van der Waals surface area contributed by atoms with Crippen LogP contribution in [0.3, 0.4) is 0 Å². The number of hydrogen-bond donors (Lipinski definition) is 0. The molecule has 0 aromatic heterocycles. The predicted molar refractivity (Wildman–Crippen MR) is 75.0 cm³/mol. The Balaban J connectivity index is 2.94. The summed E-state index contributed by atoms with van der Waals surface area (Å²) in [6, 6.07) is 0. The van der Waals surface area contributed by atoms with Crippen molar-refractivity contribution >= 4 is 23.1 Å². The van der Waals surface area contributed by atoms with Crippen molar-refractivity contribution < 1.29 is 4.79 Å². The van der Waals surface area contributed by atoms with Crippen LogP contribution in [0.2, 0.25) is 0 Å². The van der Waals surface area contributed by atoms with E-state index >= 15 is 0 Å². The molecule has 0 radical (unpaired) electrons. The van der Waals surface area contributed by atoms with E-state index in [2.05, 4.69) is 31.5 Å². The monoisotopic (exact) mass is 250 g/mol. The summed E-state index contributed by atoms with van der Waals surface area (Å²) >= 11 is 1.70. The SMILES string of the molecule is C=C/C=C(\C=O)N(C)C1C=C(C)SC(CC)=N1. The summed E-state index contributed by atoms with van der Waals surface area (Å²) in [4.78, 5) is 18.7. The van der Waals surface area contributed by atoms with E-state index < -0.39 is 0 Å². The molecule has 0 N–H and O–H groups in total. The molecule has 0 aliphatic carbocycles. The number of thioether (sulfide) groups is 1. The Kier molecular flexibility index (Phi) is 5.22. The lowest BCUT2D eigenvalue weighted by Gasteiger charge is -2.28. The highest BCUT2D eigenvalue weighted by molar-refractivity contribution is 8.17. The van der Waals surface area contributed by atoms with Crippen molar-refractivity contribution in [3.05, 3.63) is 35.4 Å². The molecule has 4 heteroatoms. The quantitative estimate of drug-likeness (QED) is 0.427. The van der Waals surface area contributed by atoms with E-state index in [9.17, 15) is 4.79 Å². The number of allylic oxidation sites excluding steroid dienone is 4. The molecule has 17 heavy (non-hydrogen) atoms. The zero-order chi connectivity index (χ0) is 12.8. The molecule has 0 aromatic rings. The van der Waals surface area contributed by atoms with Gasteiger partial charge in [0, 0.05) is 7.05 Å². The average Bonchev–Trinajstić information content (AvgIpc) is 2.34. The number of carbonyl (C=O) groups excluding carboxylic acids is 1. The van der Waals surface area contributed by atoms with Gasteiger partial charge in [0.15, 0.2) is 6.29 Å². The molecule has 1 aliphatic heterocycles. The molecule has 1 rings (SSSR count). The second-order valence-corrected chi connectivity index (χ2v) is 5.04. The maximum atomic E-state index is 11.0. The van der Waals surface area contributed by atoms with E-state index in [1.165, 1.54) is 4.91 Å². The lowest BCUT2D eigenvalue weighted by molar-refractivity contribution is -0.106. The zero-order valence-electron chi connectivity index (χ0n) is 10.5. The molecular formula is C13H18N2OS. The number of likely N-dealkylation sites (N-methyl/N-ethyl adjacent to an activating group) is 1. The van der Waals surface area contributed by atoms with Gasteiger partial charge in [0.2, 0.25) is 0 Å². The maximum absolute atomic E-state index is 11.0. The van der Waals surface area contributed by atoms with E-state index in [-0.39, 0.29) is 6.17 Å². The smallest absolute Gasteiger partial charge is 0.166 e. The Hall–Kier alpha value is -1.29. The second kappa shape index (κ2) is 6.45. The minimum Gasteiger partial charge on any atom is -0.347 e. The molecule has 3 nitrogen and oxygen atoms in total. The van der Waals surface area contributed by atoms with Gasteiger partial charge in [0.05, 0.1) is 10.7 Å². The van der Waals surface area contributed by atoms with Crippen molar-refractivity contribution in [2.24, 2.45) is 4.99 Å². The van der Waals surface area contributed by atoms with Crippen LogP contribution in [0.1, 0.15) is 20.3 Å². The summed E-state index contributed by atoms with van der Waals surface area (Å²) in [6.07, 6.45) is 7.01. The minimum absolute atomic E-state index is 0.0948. The van der Waals surface area contributed by atoms with E-state index in [1.54, 1.807) is 23.9 Å². The van der Waals surface area contributed by atoms with Crippen LogP contribution in [0, 0.1) is 0 Å². The lowest BCUT2D eigenvalue weighted by atomic mass is 10.3. The molecule has 0 saturated carbocycles. The van der Waals surface area contributed by atoms with Gasteiger partial charge in [-0.15, -0.1) is 0 Å². The van der Waals surface area contributed by atoms with Crippen LogP contribution in [-0.2, 0) is 4.79 Å². The van der Waals surface area contributed by atoms with Gasteiger partial charge < -0.3 is 4.90 Å². The molecule has 1 unspecified atom stereocenters. The van der Waals surface area contributed by atoms with Gasteiger partial charge in [-0.05, 0) is 30.4 Å². The van der Waals surface area contributed by atoms with Crippen molar-refractivity contribution in [3.8, 4) is 0 Å². The van der Waals surface area contributed by atoms with Gasteiger partial charge in [-0.1, -0.05) is 31.3 Å². The Bertz CT molecular complexity index is 396. The number of nitrogens with zero attached hydrogens (tertiary/aromatic N) is 2. The second-order valence-electron chi connectivity index (χ2n) is 3.73. The van der Waals surface area contributed by atoms with Gasteiger partial charge >= 0.3 is 0 Å². The summed E-state index contributed by atoms with van der Waals surface area (Å²) < 4.78 is 0. The standard InChI is InChI=1S/C13H18N2OS/c1-5-7-11(9-16)15(4)12-8-10(3)17-13(6-2)14-12/h5,7-9,12H,1,6H2,2-4H3/b11-7+. The Morgan fingerprint density at radius 2 is 2.41 bits per heavy atom. The molecule has 1 aliphatic rings. The predicted octanol–water partition coefficient (Wildman–Crippen LogP) is 2.97.